The van der Waals surface area contributed by atoms with Crippen molar-refractivity contribution in [3.8, 4) is 5.75 Å². The lowest BCUT2D eigenvalue weighted by atomic mass is 10.1. The van der Waals surface area contributed by atoms with Gasteiger partial charge in [-0.1, -0.05) is 11.6 Å². The standard InChI is InChI=1S/C21H29ClFNO5/c1-20(2,3)28-18(25)14-10-15(22)17(11-16(14)23)27-13-8-7-9-24(12-13)19(26)29-21(4,5)6/h10-11,13H,7-9,12H2,1-6H3. The molecular formula is C21H29ClFNO5. The zero-order chi connectivity index (χ0) is 22.0. The molecule has 0 N–H and O–H groups in total. The zero-order valence-corrected chi connectivity index (χ0v) is 18.6. The lowest BCUT2D eigenvalue weighted by molar-refractivity contribution is 0.00549. The van der Waals surface area contributed by atoms with Crippen molar-refractivity contribution in [2.24, 2.45) is 0 Å². The van der Waals surface area contributed by atoms with Gasteiger partial charge < -0.3 is 19.1 Å². The summed E-state index contributed by atoms with van der Waals surface area (Å²) in [7, 11) is 0. The van der Waals surface area contributed by atoms with Crippen LogP contribution in [0, 0.1) is 5.82 Å². The Morgan fingerprint density at radius 2 is 1.72 bits per heavy atom. The summed E-state index contributed by atoms with van der Waals surface area (Å²) in [5, 5.41) is 0.0988. The third kappa shape index (κ3) is 7.07. The van der Waals surface area contributed by atoms with Crippen molar-refractivity contribution in [2.45, 2.75) is 71.7 Å². The van der Waals surface area contributed by atoms with E-state index < -0.39 is 29.1 Å². The highest BCUT2D eigenvalue weighted by Crippen LogP contribution is 2.31. The van der Waals surface area contributed by atoms with Gasteiger partial charge in [0.15, 0.2) is 0 Å². The number of benzene rings is 1. The highest BCUT2D eigenvalue weighted by Gasteiger charge is 2.29. The minimum atomic E-state index is -0.794. The SMILES string of the molecule is CC(C)(C)OC(=O)c1cc(Cl)c(OC2CCCN(C(=O)OC(C)(C)C)C2)cc1F. The molecule has 1 atom stereocenters. The molecule has 1 saturated heterocycles. The van der Waals surface area contributed by atoms with Crippen LogP contribution in [0.3, 0.4) is 0 Å². The van der Waals surface area contributed by atoms with Crippen molar-refractivity contribution in [1.82, 2.24) is 4.90 Å². The second-order valence-electron chi connectivity index (χ2n) is 9.07. The molecule has 1 amide bonds. The van der Waals surface area contributed by atoms with E-state index in [4.69, 9.17) is 25.8 Å². The fourth-order valence-corrected chi connectivity index (χ4v) is 3.02. The van der Waals surface area contributed by atoms with E-state index in [0.29, 0.717) is 19.5 Å². The van der Waals surface area contributed by atoms with Crippen LogP contribution in [0.5, 0.6) is 5.75 Å². The van der Waals surface area contributed by atoms with Gasteiger partial charge in [0.1, 0.15) is 28.9 Å². The molecule has 162 valence electrons. The molecule has 1 aliphatic heterocycles. The van der Waals surface area contributed by atoms with Gasteiger partial charge in [0.2, 0.25) is 0 Å². The van der Waals surface area contributed by atoms with E-state index in [9.17, 15) is 14.0 Å². The molecule has 29 heavy (non-hydrogen) atoms. The summed E-state index contributed by atoms with van der Waals surface area (Å²) in [5.41, 5.74) is -1.59. The van der Waals surface area contributed by atoms with Gasteiger partial charge in [-0.15, -0.1) is 0 Å². The molecule has 1 aromatic rings. The zero-order valence-electron chi connectivity index (χ0n) is 17.8. The number of esters is 1. The Bertz CT molecular complexity index is 770. The van der Waals surface area contributed by atoms with E-state index in [-0.39, 0.29) is 22.4 Å². The average molecular weight is 430 g/mol. The van der Waals surface area contributed by atoms with Crippen LogP contribution in [0.2, 0.25) is 5.02 Å². The predicted octanol–water partition coefficient (Wildman–Crippen LogP) is 5.21. The Kier molecular flexibility index (Phi) is 7.04. The number of piperidine rings is 1. The molecule has 1 fully saturated rings. The number of ether oxygens (including phenoxy) is 3. The second kappa shape index (κ2) is 8.78. The number of nitrogens with zero attached hydrogens (tertiary/aromatic N) is 1. The fraction of sp³-hybridized carbons (Fsp3) is 0.619. The Morgan fingerprint density at radius 1 is 1.10 bits per heavy atom. The van der Waals surface area contributed by atoms with Crippen LogP contribution in [0.1, 0.15) is 64.7 Å². The second-order valence-corrected chi connectivity index (χ2v) is 9.48. The molecule has 6 nitrogen and oxygen atoms in total. The Labute approximate surface area is 176 Å². The molecule has 0 bridgehead atoms. The molecule has 0 saturated carbocycles. The van der Waals surface area contributed by atoms with Gasteiger partial charge in [-0.2, -0.15) is 0 Å². The molecule has 0 radical (unpaired) electrons. The van der Waals surface area contributed by atoms with Crippen molar-refractivity contribution < 1.29 is 28.2 Å². The van der Waals surface area contributed by atoms with Crippen molar-refractivity contribution in [1.29, 1.82) is 0 Å². The molecule has 1 unspecified atom stereocenters. The van der Waals surface area contributed by atoms with Crippen molar-refractivity contribution in [3.63, 3.8) is 0 Å². The molecular weight excluding hydrogens is 401 g/mol. The Balaban J connectivity index is 2.09. The molecule has 0 aromatic heterocycles. The van der Waals surface area contributed by atoms with Crippen LogP contribution in [0.25, 0.3) is 0 Å². The lowest BCUT2D eigenvalue weighted by Gasteiger charge is -2.34. The Morgan fingerprint density at radius 3 is 2.31 bits per heavy atom. The minimum absolute atomic E-state index is 0.0988. The lowest BCUT2D eigenvalue weighted by Crippen LogP contribution is -2.46. The summed E-state index contributed by atoms with van der Waals surface area (Å²) in [5.74, 6) is -1.46. The maximum atomic E-state index is 14.5. The van der Waals surface area contributed by atoms with Crippen molar-refractivity contribution >= 4 is 23.7 Å². The minimum Gasteiger partial charge on any atom is -0.487 e. The summed E-state index contributed by atoms with van der Waals surface area (Å²) in [4.78, 5) is 26.0. The number of hydrogen-bond acceptors (Lipinski definition) is 5. The van der Waals surface area contributed by atoms with Crippen LogP contribution in [-0.4, -0.2) is 47.4 Å². The Hall–Kier alpha value is -2.02. The summed E-state index contributed by atoms with van der Waals surface area (Å²) in [6, 6.07) is 2.28. The summed E-state index contributed by atoms with van der Waals surface area (Å²) in [6.07, 6.45) is 0.634. The maximum Gasteiger partial charge on any atom is 0.410 e. The topological polar surface area (TPSA) is 65.1 Å². The van der Waals surface area contributed by atoms with E-state index in [1.165, 1.54) is 6.07 Å². The van der Waals surface area contributed by atoms with Crippen LogP contribution < -0.4 is 4.74 Å². The van der Waals surface area contributed by atoms with E-state index in [2.05, 4.69) is 0 Å². The molecule has 8 heteroatoms. The normalized spacial score (nSPS) is 17.7. The predicted molar refractivity (Wildman–Crippen MR) is 108 cm³/mol. The van der Waals surface area contributed by atoms with E-state index >= 15 is 0 Å². The summed E-state index contributed by atoms with van der Waals surface area (Å²) in [6.45, 7) is 11.4. The van der Waals surface area contributed by atoms with E-state index in [0.717, 1.165) is 12.5 Å². The first-order valence-corrected chi connectivity index (χ1v) is 10.00. The molecule has 1 aromatic carbocycles. The van der Waals surface area contributed by atoms with Gasteiger partial charge in [0, 0.05) is 12.6 Å². The smallest absolute Gasteiger partial charge is 0.410 e. The number of carbonyl (C=O) groups excluding carboxylic acids is 2. The van der Waals surface area contributed by atoms with Gasteiger partial charge in [-0.05, 0) is 60.5 Å². The quantitative estimate of drug-likeness (QED) is 0.617. The largest absolute Gasteiger partial charge is 0.487 e. The average Bonchev–Trinajstić information content (AvgIpc) is 2.55. The third-order valence-electron chi connectivity index (χ3n) is 3.96. The molecule has 0 spiro atoms. The molecule has 2 rings (SSSR count). The third-order valence-corrected chi connectivity index (χ3v) is 4.26. The number of carbonyl (C=O) groups is 2. The van der Waals surface area contributed by atoms with Crippen LogP contribution in [0.4, 0.5) is 9.18 Å². The van der Waals surface area contributed by atoms with Crippen molar-refractivity contribution in [3.05, 3.63) is 28.5 Å². The van der Waals surface area contributed by atoms with Gasteiger partial charge in [-0.25, -0.2) is 14.0 Å². The highest BCUT2D eigenvalue weighted by atomic mass is 35.5. The number of amides is 1. The molecule has 1 aliphatic rings. The first kappa shape index (κ1) is 23.3. The van der Waals surface area contributed by atoms with Crippen molar-refractivity contribution in [2.75, 3.05) is 13.1 Å². The van der Waals surface area contributed by atoms with Gasteiger partial charge in [-0.3, -0.25) is 0 Å². The number of hydrogen-bond donors (Lipinski definition) is 0. The maximum absolute atomic E-state index is 14.5. The van der Waals surface area contributed by atoms with E-state index in [1.807, 2.05) is 0 Å². The summed E-state index contributed by atoms with van der Waals surface area (Å²) < 4.78 is 30.9. The number of halogens is 2. The number of likely N-dealkylation sites (tertiary alicyclic amines) is 1. The molecule has 1 heterocycles. The monoisotopic (exact) mass is 429 g/mol. The molecule has 0 aliphatic carbocycles. The first-order chi connectivity index (χ1) is 13.2. The summed E-state index contributed by atoms with van der Waals surface area (Å²) >= 11 is 6.22. The fourth-order valence-electron chi connectivity index (χ4n) is 2.81. The van der Waals surface area contributed by atoms with Gasteiger partial charge in [0.05, 0.1) is 17.1 Å². The van der Waals surface area contributed by atoms with Gasteiger partial charge in [0.25, 0.3) is 0 Å². The van der Waals surface area contributed by atoms with Gasteiger partial charge >= 0.3 is 12.1 Å². The van der Waals surface area contributed by atoms with E-state index in [1.54, 1.807) is 46.4 Å². The highest BCUT2D eigenvalue weighted by molar-refractivity contribution is 6.32. The van der Waals surface area contributed by atoms with Crippen LogP contribution in [0.15, 0.2) is 12.1 Å². The van der Waals surface area contributed by atoms with Crippen LogP contribution >= 0.6 is 11.6 Å². The number of rotatable bonds is 3. The van der Waals surface area contributed by atoms with Crippen LogP contribution in [-0.2, 0) is 9.47 Å². The first-order valence-electron chi connectivity index (χ1n) is 9.62.